The molecule has 3 rings (SSSR count). The minimum atomic E-state index is -0.0879. The third-order valence-electron chi connectivity index (χ3n) is 5.20. The molecule has 0 spiro atoms. The molecule has 0 aromatic heterocycles. The van der Waals surface area contributed by atoms with E-state index in [0.29, 0.717) is 11.8 Å². The van der Waals surface area contributed by atoms with Crippen molar-refractivity contribution in [3.05, 3.63) is 35.6 Å². The van der Waals surface area contributed by atoms with E-state index in [-0.39, 0.29) is 5.82 Å². The first kappa shape index (κ1) is 14.1. The van der Waals surface area contributed by atoms with Crippen LogP contribution in [0.25, 0.3) is 0 Å². The van der Waals surface area contributed by atoms with E-state index < -0.39 is 0 Å². The Balaban J connectivity index is 1.72. The van der Waals surface area contributed by atoms with Crippen LogP contribution in [0.1, 0.15) is 56.9 Å². The monoisotopic (exact) mass is 275 g/mol. The van der Waals surface area contributed by atoms with Crippen molar-refractivity contribution in [2.75, 3.05) is 6.54 Å². The Morgan fingerprint density at radius 3 is 2.75 bits per heavy atom. The lowest BCUT2D eigenvalue weighted by molar-refractivity contribution is 0.225. The highest BCUT2D eigenvalue weighted by atomic mass is 19.1. The third-order valence-corrected chi connectivity index (χ3v) is 5.20. The van der Waals surface area contributed by atoms with Crippen LogP contribution in [0.5, 0.6) is 0 Å². The summed E-state index contributed by atoms with van der Waals surface area (Å²) in [4.78, 5) is 0. The van der Waals surface area contributed by atoms with E-state index >= 15 is 0 Å². The number of nitrogens with one attached hydrogen (secondary N) is 1. The van der Waals surface area contributed by atoms with Crippen LogP contribution in [0.4, 0.5) is 4.39 Å². The van der Waals surface area contributed by atoms with Gasteiger partial charge in [0.25, 0.3) is 0 Å². The van der Waals surface area contributed by atoms with Crippen LogP contribution in [0.15, 0.2) is 24.3 Å². The molecule has 20 heavy (non-hydrogen) atoms. The molecule has 1 aromatic rings. The van der Waals surface area contributed by atoms with Crippen molar-refractivity contribution >= 4 is 0 Å². The maximum Gasteiger partial charge on any atom is 0.123 e. The molecule has 0 saturated heterocycles. The molecule has 3 unspecified atom stereocenters. The number of halogens is 1. The summed E-state index contributed by atoms with van der Waals surface area (Å²) in [5.74, 6) is 1.95. The molecule has 1 N–H and O–H groups in total. The fraction of sp³-hybridized carbons (Fsp3) is 0.667. The second-order valence-corrected chi connectivity index (χ2v) is 6.69. The fourth-order valence-electron chi connectivity index (χ4n) is 3.69. The smallest absolute Gasteiger partial charge is 0.123 e. The van der Waals surface area contributed by atoms with Gasteiger partial charge in [-0.15, -0.1) is 0 Å². The van der Waals surface area contributed by atoms with Crippen molar-refractivity contribution in [2.45, 2.75) is 57.4 Å². The van der Waals surface area contributed by atoms with Gasteiger partial charge in [0.05, 0.1) is 0 Å². The Morgan fingerprint density at radius 2 is 2.05 bits per heavy atom. The van der Waals surface area contributed by atoms with Crippen molar-refractivity contribution in [1.29, 1.82) is 0 Å². The summed E-state index contributed by atoms with van der Waals surface area (Å²) in [6.07, 6.45) is 7.81. The van der Waals surface area contributed by atoms with E-state index in [9.17, 15) is 4.39 Å². The maximum atomic E-state index is 13.5. The standard InChI is InChI=1S/C18H26FN/c1-2-13-6-7-15(12-20-17-8-9-17)18(10-13)14-4-3-5-16(19)11-14/h3-5,11,13,15,17-18,20H,2,6-10,12H2,1H3. The number of hydrogen-bond donors (Lipinski definition) is 1. The molecule has 0 amide bonds. The van der Waals surface area contributed by atoms with E-state index in [1.54, 1.807) is 12.1 Å². The van der Waals surface area contributed by atoms with Crippen LogP contribution in [0, 0.1) is 17.7 Å². The van der Waals surface area contributed by atoms with Crippen LogP contribution in [0.3, 0.4) is 0 Å². The van der Waals surface area contributed by atoms with E-state index in [1.165, 1.54) is 44.1 Å². The molecule has 0 radical (unpaired) electrons. The summed E-state index contributed by atoms with van der Waals surface area (Å²) in [5.41, 5.74) is 1.21. The third kappa shape index (κ3) is 3.41. The average molecular weight is 275 g/mol. The van der Waals surface area contributed by atoms with Crippen LogP contribution >= 0.6 is 0 Å². The van der Waals surface area contributed by atoms with Crippen molar-refractivity contribution in [3.63, 3.8) is 0 Å². The topological polar surface area (TPSA) is 12.0 Å². The molecule has 2 aliphatic rings. The number of rotatable bonds is 5. The zero-order valence-electron chi connectivity index (χ0n) is 12.4. The molecular formula is C18H26FN. The lowest BCUT2D eigenvalue weighted by Gasteiger charge is -2.36. The Bertz CT molecular complexity index is 441. The van der Waals surface area contributed by atoms with E-state index in [0.717, 1.165) is 18.5 Å². The highest BCUT2D eigenvalue weighted by Crippen LogP contribution is 2.41. The van der Waals surface area contributed by atoms with Crippen molar-refractivity contribution in [2.24, 2.45) is 11.8 Å². The van der Waals surface area contributed by atoms with Gasteiger partial charge in [-0.2, -0.15) is 0 Å². The molecule has 1 aromatic carbocycles. The first-order valence-electron chi connectivity index (χ1n) is 8.25. The number of hydrogen-bond acceptors (Lipinski definition) is 1. The quantitative estimate of drug-likeness (QED) is 0.835. The van der Waals surface area contributed by atoms with Crippen LogP contribution in [0.2, 0.25) is 0 Å². The van der Waals surface area contributed by atoms with Gasteiger partial charge in [-0.3, -0.25) is 0 Å². The Labute approximate surface area is 122 Å². The van der Waals surface area contributed by atoms with Crippen LogP contribution in [-0.2, 0) is 0 Å². The molecule has 2 saturated carbocycles. The second kappa shape index (κ2) is 6.26. The van der Waals surface area contributed by atoms with Crippen molar-refractivity contribution in [3.8, 4) is 0 Å². The molecule has 2 heteroatoms. The predicted molar refractivity (Wildman–Crippen MR) is 81.3 cm³/mol. The van der Waals surface area contributed by atoms with Crippen LogP contribution in [-0.4, -0.2) is 12.6 Å². The van der Waals surface area contributed by atoms with E-state index in [1.807, 2.05) is 6.07 Å². The summed E-state index contributed by atoms with van der Waals surface area (Å²) >= 11 is 0. The highest BCUT2D eigenvalue weighted by Gasteiger charge is 2.32. The first-order chi connectivity index (χ1) is 9.76. The minimum Gasteiger partial charge on any atom is -0.314 e. The average Bonchev–Trinajstić information content (AvgIpc) is 3.29. The molecule has 1 nitrogen and oxygen atoms in total. The van der Waals surface area contributed by atoms with Crippen LogP contribution < -0.4 is 5.32 Å². The minimum absolute atomic E-state index is 0.0879. The molecular weight excluding hydrogens is 249 g/mol. The van der Waals surface area contributed by atoms with E-state index in [2.05, 4.69) is 18.3 Å². The first-order valence-corrected chi connectivity index (χ1v) is 8.25. The summed E-state index contributed by atoms with van der Waals surface area (Å²) < 4.78 is 13.5. The van der Waals surface area contributed by atoms with Gasteiger partial charge >= 0.3 is 0 Å². The fourth-order valence-corrected chi connectivity index (χ4v) is 3.69. The second-order valence-electron chi connectivity index (χ2n) is 6.69. The summed E-state index contributed by atoms with van der Waals surface area (Å²) in [6, 6.07) is 8.07. The summed E-state index contributed by atoms with van der Waals surface area (Å²) in [7, 11) is 0. The van der Waals surface area contributed by atoms with Crippen molar-refractivity contribution in [1.82, 2.24) is 5.32 Å². The van der Waals surface area contributed by atoms with Gasteiger partial charge in [-0.05, 0) is 67.7 Å². The van der Waals surface area contributed by atoms with Gasteiger partial charge in [-0.1, -0.05) is 31.9 Å². The Hall–Kier alpha value is -0.890. The molecule has 0 heterocycles. The molecule has 2 aliphatic carbocycles. The van der Waals surface area contributed by atoms with Gasteiger partial charge < -0.3 is 5.32 Å². The molecule has 3 atom stereocenters. The van der Waals surface area contributed by atoms with Gasteiger partial charge in [0.1, 0.15) is 5.82 Å². The van der Waals surface area contributed by atoms with Gasteiger partial charge in [0.15, 0.2) is 0 Å². The van der Waals surface area contributed by atoms with Crippen molar-refractivity contribution < 1.29 is 4.39 Å². The zero-order chi connectivity index (χ0) is 13.9. The Kier molecular flexibility index (Phi) is 4.40. The molecule has 2 fully saturated rings. The van der Waals surface area contributed by atoms with Gasteiger partial charge in [0, 0.05) is 6.04 Å². The molecule has 0 bridgehead atoms. The lowest BCUT2D eigenvalue weighted by atomic mass is 9.70. The highest BCUT2D eigenvalue weighted by molar-refractivity contribution is 5.22. The summed E-state index contributed by atoms with van der Waals surface area (Å²) in [5, 5.41) is 3.68. The number of benzene rings is 1. The molecule has 0 aliphatic heterocycles. The zero-order valence-corrected chi connectivity index (χ0v) is 12.4. The normalized spacial score (nSPS) is 30.4. The Morgan fingerprint density at radius 1 is 1.20 bits per heavy atom. The lowest BCUT2D eigenvalue weighted by Crippen LogP contribution is -2.33. The summed E-state index contributed by atoms with van der Waals surface area (Å²) in [6.45, 7) is 3.40. The SMILES string of the molecule is CCC1CCC(CNC2CC2)C(c2cccc(F)c2)C1. The maximum absolute atomic E-state index is 13.5. The molecule has 110 valence electrons. The predicted octanol–water partition coefficient (Wildman–Crippen LogP) is 4.49. The van der Waals surface area contributed by atoms with Gasteiger partial charge in [-0.25, -0.2) is 4.39 Å². The van der Waals surface area contributed by atoms with E-state index in [4.69, 9.17) is 0 Å². The largest absolute Gasteiger partial charge is 0.314 e. The van der Waals surface area contributed by atoms with Gasteiger partial charge in [0.2, 0.25) is 0 Å².